The zero-order valence-corrected chi connectivity index (χ0v) is 20.5. The quantitative estimate of drug-likeness (QED) is 0.438. The molecule has 0 spiro atoms. The van der Waals surface area contributed by atoms with Gasteiger partial charge in [0.2, 0.25) is 5.91 Å². The van der Waals surface area contributed by atoms with Gasteiger partial charge in [0.15, 0.2) is 0 Å². The molecule has 5 rings (SSSR count). The zero-order chi connectivity index (χ0) is 24.4. The molecule has 2 aromatic carbocycles. The molecule has 1 aliphatic carbocycles. The van der Waals surface area contributed by atoms with E-state index in [-0.39, 0.29) is 43.0 Å². The van der Waals surface area contributed by atoms with Gasteiger partial charge < -0.3 is 19.9 Å². The molecule has 1 fully saturated rings. The molecule has 1 aromatic heterocycles. The zero-order valence-electron chi connectivity index (χ0n) is 19.0. The summed E-state index contributed by atoms with van der Waals surface area (Å²) in [4.78, 5) is 31.2. The van der Waals surface area contributed by atoms with Crippen molar-refractivity contribution in [1.29, 1.82) is 0 Å². The van der Waals surface area contributed by atoms with E-state index in [9.17, 15) is 14.0 Å². The van der Waals surface area contributed by atoms with Gasteiger partial charge in [-0.15, -0.1) is 11.3 Å². The molecule has 0 unspecified atom stereocenters. The Hall–Kier alpha value is -3.10. The second-order valence-electron chi connectivity index (χ2n) is 8.72. The summed E-state index contributed by atoms with van der Waals surface area (Å²) < 4.78 is 19.2. The first-order chi connectivity index (χ1) is 17.0. The van der Waals surface area contributed by atoms with Crippen molar-refractivity contribution in [3.63, 3.8) is 0 Å². The van der Waals surface area contributed by atoms with Gasteiger partial charge in [0.05, 0.1) is 6.04 Å². The fourth-order valence-corrected chi connectivity index (χ4v) is 5.45. The third kappa shape index (κ3) is 5.60. The summed E-state index contributed by atoms with van der Waals surface area (Å²) in [6.45, 7) is 0.793. The van der Waals surface area contributed by atoms with Gasteiger partial charge in [0, 0.05) is 28.2 Å². The lowest BCUT2D eigenvalue weighted by Gasteiger charge is -2.37. The molecule has 2 heterocycles. The molecule has 1 N–H and O–H groups in total. The molecule has 1 atom stereocenters. The van der Waals surface area contributed by atoms with Crippen LogP contribution in [0.2, 0.25) is 5.02 Å². The number of anilines is 1. The molecule has 1 saturated carbocycles. The van der Waals surface area contributed by atoms with Crippen molar-refractivity contribution < 1.29 is 18.7 Å². The van der Waals surface area contributed by atoms with E-state index in [1.807, 2.05) is 11.4 Å². The number of fused-ring (bicyclic) bond motifs is 1. The van der Waals surface area contributed by atoms with Crippen LogP contribution in [0.1, 0.15) is 29.3 Å². The van der Waals surface area contributed by atoms with E-state index in [0.717, 1.165) is 24.8 Å². The van der Waals surface area contributed by atoms with E-state index >= 15 is 0 Å². The second-order valence-corrected chi connectivity index (χ2v) is 10.2. The molecule has 9 heteroatoms. The van der Waals surface area contributed by atoms with Crippen molar-refractivity contribution in [3.05, 3.63) is 81.3 Å². The smallest absolute Gasteiger partial charge is 0.322 e. The number of thiophene rings is 1. The van der Waals surface area contributed by atoms with Crippen molar-refractivity contribution in [1.82, 2.24) is 9.80 Å². The summed E-state index contributed by atoms with van der Waals surface area (Å²) in [5.41, 5.74) is 1.66. The average Bonchev–Trinajstić information content (AvgIpc) is 3.57. The predicted octanol–water partition coefficient (Wildman–Crippen LogP) is 5.74. The van der Waals surface area contributed by atoms with Crippen LogP contribution in [-0.2, 0) is 11.2 Å². The first kappa shape index (κ1) is 23.6. The van der Waals surface area contributed by atoms with E-state index in [1.54, 1.807) is 57.5 Å². The first-order valence-corrected chi connectivity index (χ1v) is 12.8. The molecule has 0 bridgehead atoms. The lowest BCUT2D eigenvalue weighted by Crippen LogP contribution is -2.49. The highest BCUT2D eigenvalue weighted by molar-refractivity contribution is 7.10. The Morgan fingerprint density at radius 2 is 1.97 bits per heavy atom. The number of urea groups is 1. The van der Waals surface area contributed by atoms with Crippen molar-refractivity contribution in [2.75, 3.05) is 25.0 Å². The molecule has 0 radical (unpaired) electrons. The summed E-state index contributed by atoms with van der Waals surface area (Å²) in [5.74, 6) is 0.0903. The van der Waals surface area contributed by atoms with E-state index in [0.29, 0.717) is 23.0 Å². The maximum absolute atomic E-state index is 13.5. The minimum absolute atomic E-state index is 0.0103. The second kappa shape index (κ2) is 10.3. The monoisotopic (exact) mass is 513 g/mol. The number of amides is 3. The van der Waals surface area contributed by atoms with Crippen LogP contribution in [0.25, 0.3) is 0 Å². The van der Waals surface area contributed by atoms with Crippen LogP contribution in [0.5, 0.6) is 5.75 Å². The normalized spacial score (nSPS) is 17.0. The minimum atomic E-state index is -0.330. The summed E-state index contributed by atoms with van der Waals surface area (Å²) in [6.07, 6.45) is 2.52. The molecule has 2 aliphatic rings. The van der Waals surface area contributed by atoms with Gasteiger partial charge in [-0.1, -0.05) is 17.7 Å². The van der Waals surface area contributed by atoms with Crippen LogP contribution in [0.4, 0.5) is 14.9 Å². The summed E-state index contributed by atoms with van der Waals surface area (Å²) in [7, 11) is 0. The minimum Gasteiger partial charge on any atom is -0.491 e. The Balaban J connectivity index is 1.30. The van der Waals surface area contributed by atoms with Crippen LogP contribution in [0.3, 0.4) is 0 Å². The SMILES string of the molecule is O=C(Nc1cccc(Cl)c1)N(CC(=O)N1CCc2sccc2[C@H]1COc1ccc(F)cc1)C1CC1. The van der Waals surface area contributed by atoms with Crippen LogP contribution in [0.15, 0.2) is 60.0 Å². The summed E-state index contributed by atoms with van der Waals surface area (Å²) in [5, 5.41) is 5.42. The van der Waals surface area contributed by atoms with Gasteiger partial charge >= 0.3 is 6.03 Å². The Bertz CT molecular complexity index is 1210. The number of rotatable bonds is 7. The van der Waals surface area contributed by atoms with Gasteiger partial charge in [0.1, 0.15) is 24.7 Å². The highest BCUT2D eigenvalue weighted by Gasteiger charge is 2.38. The number of halogens is 2. The van der Waals surface area contributed by atoms with Gasteiger partial charge in [0.25, 0.3) is 0 Å². The molecule has 35 heavy (non-hydrogen) atoms. The first-order valence-electron chi connectivity index (χ1n) is 11.6. The number of carbonyl (C=O) groups excluding carboxylic acids is 2. The van der Waals surface area contributed by atoms with Crippen LogP contribution in [0, 0.1) is 5.82 Å². The number of nitrogens with one attached hydrogen (secondary N) is 1. The lowest BCUT2D eigenvalue weighted by molar-refractivity contribution is -0.135. The lowest BCUT2D eigenvalue weighted by atomic mass is 10.0. The number of ether oxygens (including phenoxy) is 1. The van der Waals surface area contributed by atoms with E-state index in [2.05, 4.69) is 5.32 Å². The van der Waals surface area contributed by atoms with Crippen LogP contribution in [-0.4, -0.2) is 47.5 Å². The molecule has 0 saturated heterocycles. The maximum Gasteiger partial charge on any atom is 0.322 e. The van der Waals surface area contributed by atoms with E-state index in [4.69, 9.17) is 16.3 Å². The van der Waals surface area contributed by atoms with Crippen molar-refractivity contribution in [2.45, 2.75) is 31.3 Å². The molecule has 1 aliphatic heterocycles. The van der Waals surface area contributed by atoms with Crippen molar-refractivity contribution in [3.8, 4) is 5.75 Å². The van der Waals surface area contributed by atoms with Gasteiger partial charge in [-0.25, -0.2) is 9.18 Å². The molecular formula is C26H25ClFN3O3S. The standard InChI is InChI=1S/C26H25ClFN3O3S/c27-17-2-1-3-19(14-17)29-26(33)31(20-6-7-20)15-25(32)30-12-10-24-22(11-13-35-24)23(30)16-34-21-8-4-18(28)5-9-21/h1-5,8-9,11,13-14,20,23H,6-7,10,12,15-16H2,(H,29,33)/t23-/m1/s1. The average molecular weight is 514 g/mol. The largest absolute Gasteiger partial charge is 0.491 e. The van der Waals surface area contributed by atoms with E-state index < -0.39 is 0 Å². The number of nitrogens with zero attached hydrogens (tertiary/aromatic N) is 2. The topological polar surface area (TPSA) is 61.9 Å². The third-order valence-corrected chi connectivity index (χ3v) is 7.50. The number of carbonyl (C=O) groups is 2. The fourth-order valence-electron chi connectivity index (χ4n) is 4.33. The van der Waals surface area contributed by atoms with Crippen molar-refractivity contribution >= 4 is 40.6 Å². The number of hydrogen-bond acceptors (Lipinski definition) is 4. The van der Waals surface area contributed by atoms with Gasteiger partial charge in [-0.3, -0.25) is 4.79 Å². The molecule has 6 nitrogen and oxygen atoms in total. The Morgan fingerprint density at radius 3 is 2.71 bits per heavy atom. The summed E-state index contributed by atoms with van der Waals surface area (Å²) >= 11 is 7.72. The van der Waals surface area contributed by atoms with Crippen LogP contribution < -0.4 is 10.1 Å². The molecule has 182 valence electrons. The van der Waals surface area contributed by atoms with Crippen molar-refractivity contribution in [2.24, 2.45) is 0 Å². The predicted molar refractivity (Wildman–Crippen MR) is 135 cm³/mol. The highest BCUT2D eigenvalue weighted by Crippen LogP contribution is 2.35. The third-order valence-electron chi connectivity index (χ3n) is 6.27. The Kier molecular flexibility index (Phi) is 6.92. The Morgan fingerprint density at radius 1 is 1.17 bits per heavy atom. The summed E-state index contributed by atoms with van der Waals surface area (Å²) in [6, 6.07) is 14.3. The number of benzene rings is 2. The molecular weight excluding hydrogens is 489 g/mol. The van der Waals surface area contributed by atoms with Crippen LogP contribution >= 0.6 is 22.9 Å². The van der Waals surface area contributed by atoms with E-state index in [1.165, 1.54) is 17.0 Å². The molecule has 3 amide bonds. The maximum atomic E-state index is 13.5. The van der Waals surface area contributed by atoms with Gasteiger partial charge in [-0.2, -0.15) is 0 Å². The van der Waals surface area contributed by atoms with Gasteiger partial charge in [-0.05, 0) is 78.7 Å². The number of hydrogen-bond donors (Lipinski definition) is 1. The fraction of sp³-hybridized carbons (Fsp3) is 0.308. The molecule has 3 aromatic rings. The highest BCUT2D eigenvalue weighted by atomic mass is 35.5. The Labute approximate surface area is 212 Å².